The Hall–Kier alpha value is -3.10. The van der Waals surface area contributed by atoms with Crippen molar-refractivity contribution in [2.75, 3.05) is 11.9 Å². The number of hydrogen-bond donors (Lipinski definition) is 2. The van der Waals surface area contributed by atoms with Crippen LogP contribution in [0.3, 0.4) is 0 Å². The van der Waals surface area contributed by atoms with E-state index in [1.165, 1.54) is 0 Å². The Kier molecular flexibility index (Phi) is 4.23. The Labute approximate surface area is 172 Å². The molecule has 0 spiro atoms. The third kappa shape index (κ3) is 3.18. The van der Waals surface area contributed by atoms with Crippen molar-refractivity contribution in [3.05, 3.63) is 30.4 Å². The van der Waals surface area contributed by atoms with Gasteiger partial charge in [-0.15, -0.1) is 0 Å². The first kappa shape index (κ1) is 18.9. The highest BCUT2D eigenvalue weighted by Gasteiger charge is 2.46. The van der Waals surface area contributed by atoms with Gasteiger partial charge in [-0.3, -0.25) is 0 Å². The summed E-state index contributed by atoms with van der Waals surface area (Å²) in [6.07, 6.45) is 4.63. The molecule has 1 aliphatic rings. The van der Waals surface area contributed by atoms with E-state index in [0.29, 0.717) is 18.5 Å². The van der Waals surface area contributed by atoms with Crippen LogP contribution in [0.5, 0.6) is 0 Å². The van der Waals surface area contributed by atoms with Crippen LogP contribution >= 0.6 is 0 Å². The van der Waals surface area contributed by atoms with E-state index in [1.807, 2.05) is 25.3 Å². The monoisotopic (exact) mass is 411 g/mol. The molecule has 30 heavy (non-hydrogen) atoms. The maximum atomic E-state index is 13.9. The minimum atomic E-state index is -2.73. The van der Waals surface area contributed by atoms with Gasteiger partial charge in [0.2, 0.25) is 5.95 Å². The van der Waals surface area contributed by atoms with Crippen LogP contribution in [0, 0.1) is 12.8 Å². The summed E-state index contributed by atoms with van der Waals surface area (Å²) in [6.45, 7) is 5.72. The normalized spacial score (nSPS) is 14.9. The quantitative estimate of drug-likeness (QED) is 0.480. The predicted octanol–water partition coefficient (Wildman–Crippen LogP) is 4.72. The smallest absolute Gasteiger partial charge is 0.267 e. The van der Waals surface area contributed by atoms with E-state index in [1.54, 1.807) is 6.20 Å². The first-order valence-electron chi connectivity index (χ1n) is 10.2. The molecule has 1 aliphatic carbocycles. The van der Waals surface area contributed by atoms with Crippen LogP contribution in [0.2, 0.25) is 0 Å². The summed E-state index contributed by atoms with van der Waals surface area (Å²) in [5, 5.41) is 3.46. The van der Waals surface area contributed by atoms with E-state index in [0.717, 1.165) is 33.6 Å². The van der Waals surface area contributed by atoms with Gasteiger partial charge in [0.15, 0.2) is 5.65 Å². The topological polar surface area (TPSA) is 84.3 Å². The van der Waals surface area contributed by atoms with E-state index in [-0.39, 0.29) is 12.0 Å². The number of H-pyrrole nitrogens is 1. The number of aromatic nitrogens is 6. The number of aromatic amines is 1. The van der Waals surface area contributed by atoms with Gasteiger partial charge in [0.1, 0.15) is 17.0 Å². The van der Waals surface area contributed by atoms with Gasteiger partial charge in [0, 0.05) is 35.3 Å². The van der Waals surface area contributed by atoms with Crippen LogP contribution in [0.1, 0.15) is 38.6 Å². The molecule has 4 aromatic rings. The molecule has 4 aromatic heterocycles. The van der Waals surface area contributed by atoms with Crippen molar-refractivity contribution in [1.82, 2.24) is 29.5 Å². The zero-order valence-corrected chi connectivity index (χ0v) is 17.1. The van der Waals surface area contributed by atoms with E-state index >= 15 is 0 Å². The predicted molar refractivity (Wildman–Crippen MR) is 112 cm³/mol. The van der Waals surface area contributed by atoms with Crippen molar-refractivity contribution in [2.24, 2.45) is 5.92 Å². The molecule has 1 saturated carbocycles. The number of alkyl halides is 2. The van der Waals surface area contributed by atoms with Gasteiger partial charge in [-0.05, 0) is 45.7 Å². The second kappa shape index (κ2) is 6.72. The summed E-state index contributed by atoms with van der Waals surface area (Å²) in [7, 11) is 0. The molecule has 7 nitrogen and oxygen atoms in total. The van der Waals surface area contributed by atoms with Gasteiger partial charge in [0.05, 0.1) is 12.2 Å². The summed E-state index contributed by atoms with van der Waals surface area (Å²) in [5.74, 6) is -2.13. The van der Waals surface area contributed by atoms with Crippen LogP contribution in [0.25, 0.3) is 33.5 Å². The Morgan fingerprint density at radius 3 is 2.77 bits per heavy atom. The van der Waals surface area contributed by atoms with Gasteiger partial charge >= 0.3 is 0 Å². The van der Waals surface area contributed by atoms with Crippen molar-refractivity contribution in [1.29, 1.82) is 0 Å². The Balaban J connectivity index is 1.47. The van der Waals surface area contributed by atoms with Crippen molar-refractivity contribution in [3.8, 4) is 11.3 Å². The lowest BCUT2D eigenvalue weighted by molar-refractivity contribution is -0.00831. The maximum Gasteiger partial charge on any atom is 0.267 e. The lowest BCUT2D eigenvalue weighted by Gasteiger charge is -2.15. The molecule has 0 amide bonds. The number of imidazole rings is 1. The minimum Gasteiger partial charge on any atom is -0.348 e. The number of fused-ring (bicyclic) bond motifs is 2. The van der Waals surface area contributed by atoms with E-state index in [9.17, 15) is 8.78 Å². The van der Waals surface area contributed by atoms with Crippen molar-refractivity contribution in [3.63, 3.8) is 0 Å². The Morgan fingerprint density at radius 1 is 1.23 bits per heavy atom. The van der Waals surface area contributed by atoms with Gasteiger partial charge in [-0.2, -0.15) is 4.98 Å². The highest BCUT2D eigenvalue weighted by molar-refractivity contribution is 5.93. The number of rotatable bonds is 6. The van der Waals surface area contributed by atoms with Crippen LogP contribution in [0.4, 0.5) is 14.7 Å². The molecule has 0 saturated heterocycles. The van der Waals surface area contributed by atoms with Crippen LogP contribution in [-0.4, -0.2) is 42.0 Å². The Bertz CT molecular complexity index is 1240. The van der Waals surface area contributed by atoms with E-state index < -0.39 is 18.4 Å². The number of aryl methyl sites for hydroxylation is 1. The first-order chi connectivity index (χ1) is 14.3. The van der Waals surface area contributed by atoms with Crippen LogP contribution < -0.4 is 5.32 Å². The summed E-state index contributed by atoms with van der Waals surface area (Å²) >= 11 is 0. The molecule has 156 valence electrons. The fraction of sp³-hybridized carbons (Fsp3) is 0.429. The second-order valence-electron chi connectivity index (χ2n) is 8.21. The highest BCUT2D eigenvalue weighted by atomic mass is 19.3. The molecule has 4 heterocycles. The number of pyridine rings is 1. The SMILES string of the molecule is Cc1nc2ccc(-c3c[nH]c4nc(NCC(F)(F)C5CC5)ncc34)nc2n1C(C)C. The number of anilines is 1. The third-order valence-corrected chi connectivity index (χ3v) is 5.59. The molecule has 0 aromatic carbocycles. The van der Waals surface area contributed by atoms with Gasteiger partial charge < -0.3 is 14.9 Å². The molecule has 5 rings (SSSR count). The average Bonchev–Trinajstić information content (AvgIpc) is 3.41. The van der Waals surface area contributed by atoms with Crippen molar-refractivity contribution < 1.29 is 8.78 Å². The fourth-order valence-corrected chi connectivity index (χ4v) is 3.91. The van der Waals surface area contributed by atoms with Gasteiger partial charge in [0.25, 0.3) is 5.92 Å². The summed E-state index contributed by atoms with van der Waals surface area (Å²) in [5.41, 5.74) is 3.89. The molecule has 0 atom stereocenters. The molecule has 1 fully saturated rings. The molecule has 0 unspecified atom stereocenters. The molecular weight excluding hydrogens is 388 g/mol. The maximum absolute atomic E-state index is 13.9. The first-order valence-corrected chi connectivity index (χ1v) is 10.2. The molecule has 2 N–H and O–H groups in total. The molecular formula is C21H23F2N7. The standard InChI is InChI=1S/C21H23F2N7/c1-11(2)30-12(3)27-17-7-6-16(28-19(17)30)14-8-24-18-15(14)9-25-20(29-18)26-10-21(22,23)13-4-5-13/h6-9,11,13H,4-5,10H2,1-3H3,(H2,24,25,26,29). The van der Waals surface area contributed by atoms with E-state index in [2.05, 4.69) is 43.7 Å². The zero-order valence-electron chi connectivity index (χ0n) is 17.1. The zero-order chi connectivity index (χ0) is 21.0. The molecule has 0 bridgehead atoms. The summed E-state index contributed by atoms with van der Waals surface area (Å²) < 4.78 is 29.9. The van der Waals surface area contributed by atoms with Crippen molar-refractivity contribution >= 4 is 28.1 Å². The molecule has 0 radical (unpaired) electrons. The number of halogens is 2. The van der Waals surface area contributed by atoms with E-state index in [4.69, 9.17) is 4.98 Å². The molecule has 0 aliphatic heterocycles. The van der Waals surface area contributed by atoms with Gasteiger partial charge in [-0.25, -0.2) is 23.7 Å². The number of nitrogens with one attached hydrogen (secondary N) is 2. The van der Waals surface area contributed by atoms with Crippen molar-refractivity contribution in [2.45, 2.75) is 45.6 Å². The van der Waals surface area contributed by atoms with Crippen LogP contribution in [-0.2, 0) is 0 Å². The average molecular weight is 411 g/mol. The number of hydrogen-bond acceptors (Lipinski definition) is 5. The highest BCUT2D eigenvalue weighted by Crippen LogP contribution is 2.43. The summed E-state index contributed by atoms with van der Waals surface area (Å²) in [6, 6.07) is 4.12. The lowest BCUT2D eigenvalue weighted by Crippen LogP contribution is -2.29. The largest absolute Gasteiger partial charge is 0.348 e. The van der Waals surface area contributed by atoms with Gasteiger partial charge in [-0.1, -0.05) is 0 Å². The van der Waals surface area contributed by atoms with Crippen LogP contribution in [0.15, 0.2) is 24.5 Å². The summed E-state index contributed by atoms with van der Waals surface area (Å²) in [4.78, 5) is 21.1. The molecule has 9 heteroatoms. The second-order valence-corrected chi connectivity index (χ2v) is 8.21. The fourth-order valence-electron chi connectivity index (χ4n) is 3.91. The minimum absolute atomic E-state index is 0.188. The third-order valence-electron chi connectivity index (χ3n) is 5.59. The lowest BCUT2D eigenvalue weighted by atomic mass is 10.1. The number of nitrogens with zero attached hydrogens (tertiary/aromatic N) is 5. The Morgan fingerprint density at radius 2 is 2.03 bits per heavy atom.